The maximum Gasteiger partial charge on any atom is 0.309 e. The second kappa shape index (κ2) is 2.97. The van der Waals surface area contributed by atoms with Crippen LogP contribution in [-0.2, 0) is 14.3 Å². The standard InChI is InChI=1S/C12H20O3/c1-6-14-10(13)8-7(11(8,2)3)9-12(4,5)15-9/h7-9H,6H2,1-5H3/t7-,8-,9?/m0/s1. The Balaban J connectivity index is 2.01. The predicted octanol–water partition coefficient (Wildman–Crippen LogP) is 2.00. The Morgan fingerprint density at radius 1 is 1.33 bits per heavy atom. The van der Waals surface area contributed by atoms with Crippen LogP contribution in [0.2, 0.25) is 0 Å². The van der Waals surface area contributed by atoms with Crippen LogP contribution in [0.5, 0.6) is 0 Å². The summed E-state index contributed by atoms with van der Waals surface area (Å²) in [6, 6.07) is 0. The van der Waals surface area contributed by atoms with Gasteiger partial charge in [-0.15, -0.1) is 0 Å². The lowest BCUT2D eigenvalue weighted by molar-refractivity contribution is -0.145. The fourth-order valence-corrected chi connectivity index (χ4v) is 2.72. The summed E-state index contributed by atoms with van der Waals surface area (Å²) in [6.45, 7) is 10.7. The number of hydrogen-bond acceptors (Lipinski definition) is 3. The van der Waals surface area contributed by atoms with E-state index in [0.29, 0.717) is 12.5 Å². The van der Waals surface area contributed by atoms with Crippen molar-refractivity contribution in [1.29, 1.82) is 0 Å². The van der Waals surface area contributed by atoms with Crippen molar-refractivity contribution in [2.45, 2.75) is 46.3 Å². The number of esters is 1. The van der Waals surface area contributed by atoms with Crippen molar-refractivity contribution >= 4 is 5.97 Å². The van der Waals surface area contributed by atoms with Crippen LogP contribution in [0.25, 0.3) is 0 Å². The Morgan fingerprint density at radius 3 is 2.27 bits per heavy atom. The number of hydrogen-bond donors (Lipinski definition) is 0. The van der Waals surface area contributed by atoms with Gasteiger partial charge in [0.25, 0.3) is 0 Å². The molecule has 3 atom stereocenters. The number of epoxide rings is 1. The first-order valence-electron chi connectivity index (χ1n) is 5.67. The van der Waals surface area contributed by atoms with Gasteiger partial charge in [-0.1, -0.05) is 13.8 Å². The molecule has 3 nitrogen and oxygen atoms in total. The summed E-state index contributed by atoms with van der Waals surface area (Å²) >= 11 is 0. The van der Waals surface area contributed by atoms with Crippen molar-refractivity contribution < 1.29 is 14.3 Å². The van der Waals surface area contributed by atoms with Gasteiger partial charge in [0.05, 0.1) is 24.2 Å². The number of ether oxygens (including phenoxy) is 2. The Kier molecular flexibility index (Phi) is 2.16. The van der Waals surface area contributed by atoms with E-state index in [0.717, 1.165) is 0 Å². The van der Waals surface area contributed by atoms with Crippen molar-refractivity contribution in [3.05, 3.63) is 0 Å². The summed E-state index contributed by atoms with van der Waals surface area (Å²) in [5.41, 5.74) is 0.00781. The lowest BCUT2D eigenvalue weighted by Crippen LogP contribution is -2.12. The van der Waals surface area contributed by atoms with Crippen molar-refractivity contribution in [2.24, 2.45) is 17.3 Å². The Hall–Kier alpha value is -0.570. The summed E-state index contributed by atoms with van der Waals surface area (Å²) in [4.78, 5) is 11.7. The molecule has 2 aliphatic rings. The van der Waals surface area contributed by atoms with E-state index in [2.05, 4.69) is 27.7 Å². The number of rotatable bonds is 3. The van der Waals surface area contributed by atoms with Crippen LogP contribution in [0.15, 0.2) is 0 Å². The van der Waals surface area contributed by atoms with Gasteiger partial charge in [0, 0.05) is 5.92 Å². The van der Waals surface area contributed by atoms with Gasteiger partial charge in [-0.3, -0.25) is 4.79 Å². The van der Waals surface area contributed by atoms with Crippen LogP contribution in [0.1, 0.15) is 34.6 Å². The monoisotopic (exact) mass is 212 g/mol. The minimum Gasteiger partial charge on any atom is -0.466 e. The van der Waals surface area contributed by atoms with Crippen LogP contribution in [0.3, 0.4) is 0 Å². The Bertz CT molecular complexity index is 293. The van der Waals surface area contributed by atoms with E-state index in [1.165, 1.54) is 0 Å². The van der Waals surface area contributed by atoms with E-state index in [1.54, 1.807) is 0 Å². The van der Waals surface area contributed by atoms with Gasteiger partial charge in [-0.2, -0.15) is 0 Å². The fraction of sp³-hybridized carbons (Fsp3) is 0.917. The summed E-state index contributed by atoms with van der Waals surface area (Å²) in [5.74, 6) is 0.314. The molecule has 86 valence electrons. The Morgan fingerprint density at radius 2 is 1.87 bits per heavy atom. The van der Waals surface area contributed by atoms with Crippen LogP contribution >= 0.6 is 0 Å². The highest BCUT2D eigenvalue weighted by Crippen LogP contribution is 2.66. The Labute approximate surface area is 91.1 Å². The molecule has 2 fully saturated rings. The summed E-state index contributed by atoms with van der Waals surface area (Å²) < 4.78 is 10.7. The van der Waals surface area contributed by atoms with Crippen LogP contribution in [0, 0.1) is 17.3 Å². The molecule has 0 N–H and O–H groups in total. The molecule has 1 aliphatic carbocycles. The smallest absolute Gasteiger partial charge is 0.309 e. The third-order valence-electron chi connectivity index (χ3n) is 3.84. The van der Waals surface area contributed by atoms with Crippen molar-refractivity contribution in [3.63, 3.8) is 0 Å². The van der Waals surface area contributed by atoms with Gasteiger partial charge >= 0.3 is 5.97 Å². The molecule has 2 rings (SSSR count). The first-order valence-corrected chi connectivity index (χ1v) is 5.67. The fourth-order valence-electron chi connectivity index (χ4n) is 2.72. The van der Waals surface area contributed by atoms with E-state index in [4.69, 9.17) is 9.47 Å². The topological polar surface area (TPSA) is 38.8 Å². The highest BCUT2D eigenvalue weighted by atomic mass is 16.6. The first kappa shape index (κ1) is 10.9. The SMILES string of the molecule is CCOC(=O)[C@@H]1[C@@H](C2OC2(C)C)C1(C)C. The van der Waals surface area contributed by atoms with Crippen LogP contribution in [-0.4, -0.2) is 24.3 Å². The quantitative estimate of drug-likeness (QED) is 0.530. The molecule has 0 spiro atoms. The molecule has 3 heteroatoms. The first-order chi connectivity index (χ1) is 6.82. The molecule has 1 aliphatic heterocycles. The van der Waals surface area contributed by atoms with Gasteiger partial charge < -0.3 is 9.47 Å². The zero-order valence-corrected chi connectivity index (χ0v) is 10.2. The van der Waals surface area contributed by atoms with Crippen molar-refractivity contribution in [1.82, 2.24) is 0 Å². The van der Waals surface area contributed by atoms with E-state index in [-0.39, 0.29) is 29.0 Å². The van der Waals surface area contributed by atoms with E-state index >= 15 is 0 Å². The summed E-state index contributed by atoms with van der Waals surface area (Å²) in [5, 5.41) is 0. The second-order valence-electron chi connectivity index (χ2n) is 5.72. The highest BCUT2D eigenvalue weighted by molar-refractivity contribution is 5.78. The normalized spacial score (nSPS) is 39.7. The molecular formula is C12H20O3. The van der Waals surface area contributed by atoms with Crippen molar-refractivity contribution in [3.8, 4) is 0 Å². The number of carbonyl (C=O) groups is 1. The molecule has 0 aromatic carbocycles. The molecule has 0 amide bonds. The minimum atomic E-state index is -0.0567. The molecule has 0 radical (unpaired) electrons. The molecule has 1 saturated heterocycles. The van der Waals surface area contributed by atoms with Crippen molar-refractivity contribution in [2.75, 3.05) is 6.61 Å². The lowest BCUT2D eigenvalue weighted by Gasteiger charge is -2.01. The van der Waals surface area contributed by atoms with E-state index < -0.39 is 0 Å². The number of carbonyl (C=O) groups excluding carboxylic acids is 1. The average Bonchev–Trinajstić information content (AvgIpc) is 2.86. The molecule has 0 bridgehead atoms. The molecule has 15 heavy (non-hydrogen) atoms. The maximum absolute atomic E-state index is 11.7. The molecule has 0 aromatic rings. The predicted molar refractivity (Wildman–Crippen MR) is 56.3 cm³/mol. The van der Waals surface area contributed by atoms with Gasteiger partial charge in [-0.25, -0.2) is 0 Å². The highest BCUT2D eigenvalue weighted by Gasteiger charge is 2.73. The van der Waals surface area contributed by atoms with Crippen LogP contribution in [0.4, 0.5) is 0 Å². The maximum atomic E-state index is 11.7. The zero-order chi connectivity index (χ0) is 11.4. The summed E-state index contributed by atoms with van der Waals surface area (Å²) in [6.07, 6.45) is 0.238. The third kappa shape index (κ3) is 1.57. The molecular weight excluding hydrogens is 192 g/mol. The molecule has 0 aromatic heterocycles. The van der Waals surface area contributed by atoms with Gasteiger partial charge in [0.1, 0.15) is 0 Å². The van der Waals surface area contributed by atoms with Gasteiger partial charge in [0.15, 0.2) is 0 Å². The second-order valence-corrected chi connectivity index (χ2v) is 5.72. The zero-order valence-electron chi connectivity index (χ0n) is 10.2. The van der Waals surface area contributed by atoms with E-state index in [9.17, 15) is 4.79 Å². The largest absolute Gasteiger partial charge is 0.466 e. The van der Waals surface area contributed by atoms with E-state index in [1.807, 2.05) is 6.92 Å². The van der Waals surface area contributed by atoms with Gasteiger partial charge in [-0.05, 0) is 26.2 Å². The van der Waals surface area contributed by atoms with Crippen LogP contribution < -0.4 is 0 Å². The minimum absolute atomic E-state index is 0.0317. The third-order valence-corrected chi connectivity index (χ3v) is 3.84. The molecule has 1 unspecified atom stereocenters. The summed E-state index contributed by atoms with van der Waals surface area (Å²) in [7, 11) is 0. The lowest BCUT2D eigenvalue weighted by atomic mass is 10.0. The molecule has 1 heterocycles. The average molecular weight is 212 g/mol. The molecule has 1 saturated carbocycles. The van der Waals surface area contributed by atoms with Gasteiger partial charge in [0.2, 0.25) is 0 Å².